The molecule has 1 aliphatic rings. The fourth-order valence-corrected chi connectivity index (χ4v) is 4.41. The molecule has 0 radical (unpaired) electrons. The summed E-state index contributed by atoms with van der Waals surface area (Å²) in [6.45, 7) is 3.62. The molecule has 0 bridgehead atoms. The molecule has 0 aromatic carbocycles. The topological polar surface area (TPSA) is 146 Å². The minimum Gasteiger partial charge on any atom is -0.394 e. The number of rotatable bonds is 19. The molecule has 198 valence electrons. The Bertz CT molecular complexity index is 468. The molecule has 8 atom stereocenters. The zero-order valence-electron chi connectivity index (χ0n) is 20.9. The summed E-state index contributed by atoms with van der Waals surface area (Å²) in [6, 6.07) is -0.676. The molecule has 8 nitrogen and oxygen atoms in total. The van der Waals surface area contributed by atoms with Crippen LogP contribution in [0.25, 0.3) is 0 Å². The van der Waals surface area contributed by atoms with Crippen LogP contribution in [0.3, 0.4) is 0 Å². The Labute approximate surface area is 200 Å². The predicted molar refractivity (Wildman–Crippen MR) is 129 cm³/mol. The van der Waals surface area contributed by atoms with Crippen LogP contribution in [0.2, 0.25) is 0 Å². The smallest absolute Gasteiger partial charge is 0.186 e. The van der Waals surface area contributed by atoms with E-state index in [1.54, 1.807) is 0 Å². The lowest BCUT2D eigenvalue weighted by Crippen LogP contribution is -2.59. The van der Waals surface area contributed by atoms with E-state index < -0.39 is 49.5 Å². The normalized spacial score (nSPS) is 28.5. The van der Waals surface area contributed by atoms with Crippen LogP contribution in [0.4, 0.5) is 0 Å². The highest BCUT2D eigenvalue weighted by Crippen LogP contribution is 2.23. The molecule has 0 spiro atoms. The number of aliphatic hydroxyl groups excluding tert-OH is 5. The second kappa shape index (κ2) is 18.0. The third-order valence-corrected chi connectivity index (χ3v) is 6.84. The summed E-state index contributed by atoms with van der Waals surface area (Å²) in [6.07, 6.45) is 8.98. The maximum atomic E-state index is 10.5. The highest BCUT2D eigenvalue weighted by Gasteiger charge is 2.44. The Balaban J connectivity index is 2.12. The molecule has 7 N–H and O–H groups in total. The Morgan fingerprint density at radius 2 is 1.33 bits per heavy atom. The number of unbranched alkanes of at least 4 members (excludes halogenated alkanes) is 11. The molecule has 1 heterocycles. The first-order chi connectivity index (χ1) is 15.8. The Kier molecular flexibility index (Phi) is 16.8. The molecule has 0 amide bonds. The highest BCUT2D eigenvalue weighted by atomic mass is 16.7. The van der Waals surface area contributed by atoms with Crippen LogP contribution in [-0.4, -0.2) is 81.6 Å². The van der Waals surface area contributed by atoms with Crippen molar-refractivity contribution in [2.24, 2.45) is 11.7 Å². The summed E-state index contributed by atoms with van der Waals surface area (Å²) < 4.78 is 10.8. The van der Waals surface area contributed by atoms with Gasteiger partial charge in [-0.1, -0.05) is 90.9 Å². The number of aliphatic hydroxyl groups is 5. The van der Waals surface area contributed by atoms with E-state index in [0.29, 0.717) is 0 Å². The third kappa shape index (κ3) is 11.8. The summed E-state index contributed by atoms with van der Waals surface area (Å²) in [5.41, 5.74) is 6.07. The Hall–Kier alpha value is -0.320. The first-order valence-corrected chi connectivity index (χ1v) is 13.2. The second-order valence-corrected chi connectivity index (χ2v) is 9.84. The van der Waals surface area contributed by atoms with Gasteiger partial charge in [0.1, 0.15) is 24.4 Å². The van der Waals surface area contributed by atoms with Gasteiger partial charge in [-0.05, 0) is 12.3 Å². The van der Waals surface area contributed by atoms with Crippen molar-refractivity contribution in [3.05, 3.63) is 0 Å². The number of hydrogen-bond donors (Lipinski definition) is 6. The standard InChI is InChI=1S/C25H51NO7/c1-3-4-5-6-7-8-9-10-11-12-13-14-15-18(2)21(28)19(26)17-32-25-24(31)23(30)22(29)20(16-27)33-25/h18-25,27-31H,3-17,26H2,1-2H3/t18-,19?,20?,21-,22+,23+,24?,25+/m1/s1. The lowest BCUT2D eigenvalue weighted by atomic mass is 9.92. The zero-order chi connectivity index (χ0) is 24.6. The molecule has 1 aliphatic heterocycles. The maximum Gasteiger partial charge on any atom is 0.186 e. The first-order valence-electron chi connectivity index (χ1n) is 13.2. The fraction of sp³-hybridized carbons (Fsp3) is 1.00. The fourth-order valence-electron chi connectivity index (χ4n) is 4.41. The van der Waals surface area contributed by atoms with Gasteiger partial charge in [-0.3, -0.25) is 0 Å². The van der Waals surface area contributed by atoms with Gasteiger partial charge in [0.15, 0.2) is 6.29 Å². The van der Waals surface area contributed by atoms with E-state index in [0.717, 1.165) is 19.3 Å². The summed E-state index contributed by atoms with van der Waals surface area (Å²) in [7, 11) is 0. The minimum absolute atomic E-state index is 0.0153. The van der Waals surface area contributed by atoms with Crippen LogP contribution in [0.1, 0.15) is 97.3 Å². The van der Waals surface area contributed by atoms with E-state index in [2.05, 4.69) is 6.92 Å². The number of nitrogens with two attached hydrogens (primary N) is 1. The van der Waals surface area contributed by atoms with Crippen LogP contribution < -0.4 is 5.73 Å². The molecule has 1 fully saturated rings. The molecule has 3 unspecified atom stereocenters. The molecule has 0 aliphatic carbocycles. The largest absolute Gasteiger partial charge is 0.394 e. The van der Waals surface area contributed by atoms with Crippen LogP contribution in [0.5, 0.6) is 0 Å². The van der Waals surface area contributed by atoms with E-state index in [1.807, 2.05) is 6.92 Å². The summed E-state index contributed by atoms with van der Waals surface area (Å²) in [5, 5.41) is 49.4. The van der Waals surface area contributed by atoms with Crippen LogP contribution in [0.15, 0.2) is 0 Å². The monoisotopic (exact) mass is 477 g/mol. The maximum absolute atomic E-state index is 10.5. The Morgan fingerprint density at radius 3 is 1.85 bits per heavy atom. The highest BCUT2D eigenvalue weighted by molar-refractivity contribution is 4.89. The van der Waals surface area contributed by atoms with Gasteiger partial charge in [0.2, 0.25) is 0 Å². The van der Waals surface area contributed by atoms with E-state index in [4.69, 9.17) is 15.2 Å². The number of ether oxygens (including phenoxy) is 2. The lowest BCUT2D eigenvalue weighted by molar-refractivity contribution is -0.302. The molecular formula is C25H51NO7. The minimum atomic E-state index is -1.49. The van der Waals surface area contributed by atoms with E-state index in [1.165, 1.54) is 64.2 Å². The van der Waals surface area contributed by atoms with Gasteiger partial charge in [0, 0.05) is 0 Å². The average molecular weight is 478 g/mol. The summed E-state index contributed by atoms with van der Waals surface area (Å²) in [5.74, 6) is 0.0153. The molecule has 0 aromatic rings. The summed E-state index contributed by atoms with van der Waals surface area (Å²) >= 11 is 0. The zero-order valence-corrected chi connectivity index (χ0v) is 20.9. The quantitative estimate of drug-likeness (QED) is 0.155. The molecule has 8 heteroatoms. The second-order valence-electron chi connectivity index (χ2n) is 9.84. The van der Waals surface area contributed by atoms with Crippen molar-refractivity contribution < 1.29 is 35.0 Å². The molecule has 0 saturated carbocycles. The van der Waals surface area contributed by atoms with E-state index >= 15 is 0 Å². The van der Waals surface area contributed by atoms with Gasteiger partial charge in [-0.25, -0.2) is 0 Å². The molecule has 33 heavy (non-hydrogen) atoms. The molecule has 0 aromatic heterocycles. The first kappa shape index (κ1) is 30.7. The predicted octanol–water partition coefficient (Wildman–Crippen LogP) is 2.22. The third-order valence-electron chi connectivity index (χ3n) is 6.84. The van der Waals surface area contributed by atoms with Crippen LogP contribution in [-0.2, 0) is 9.47 Å². The van der Waals surface area contributed by atoms with Gasteiger partial charge in [0.05, 0.1) is 25.4 Å². The van der Waals surface area contributed by atoms with Gasteiger partial charge in [-0.15, -0.1) is 0 Å². The van der Waals surface area contributed by atoms with Crippen molar-refractivity contribution >= 4 is 0 Å². The lowest BCUT2D eigenvalue weighted by Gasteiger charge is -2.40. The molecule has 1 saturated heterocycles. The van der Waals surface area contributed by atoms with Gasteiger partial charge in [0.25, 0.3) is 0 Å². The SMILES string of the molecule is CCCCCCCCCCCCCC[C@@H](C)[C@@H](O)C(N)CO[C@H]1OC(CO)[C@H](O)[C@H](O)C1O. The van der Waals surface area contributed by atoms with Crippen molar-refractivity contribution in [2.75, 3.05) is 13.2 Å². The Morgan fingerprint density at radius 1 is 0.818 bits per heavy atom. The van der Waals surface area contributed by atoms with Crippen molar-refractivity contribution in [3.63, 3.8) is 0 Å². The van der Waals surface area contributed by atoms with Crippen LogP contribution in [0, 0.1) is 5.92 Å². The van der Waals surface area contributed by atoms with E-state index in [9.17, 15) is 25.5 Å². The average Bonchev–Trinajstić information content (AvgIpc) is 2.82. The van der Waals surface area contributed by atoms with Crippen LogP contribution >= 0.6 is 0 Å². The molecule has 1 rings (SSSR count). The molecular weight excluding hydrogens is 426 g/mol. The van der Waals surface area contributed by atoms with Crippen molar-refractivity contribution in [1.29, 1.82) is 0 Å². The van der Waals surface area contributed by atoms with Gasteiger partial charge in [-0.2, -0.15) is 0 Å². The van der Waals surface area contributed by atoms with Crippen molar-refractivity contribution in [3.8, 4) is 0 Å². The number of hydrogen-bond acceptors (Lipinski definition) is 8. The van der Waals surface area contributed by atoms with Gasteiger partial charge >= 0.3 is 0 Å². The van der Waals surface area contributed by atoms with Gasteiger partial charge < -0.3 is 40.7 Å². The van der Waals surface area contributed by atoms with Crippen molar-refractivity contribution in [2.45, 2.75) is 140 Å². The van der Waals surface area contributed by atoms with Crippen molar-refractivity contribution in [1.82, 2.24) is 0 Å². The van der Waals surface area contributed by atoms with E-state index in [-0.39, 0.29) is 12.5 Å². The summed E-state index contributed by atoms with van der Waals surface area (Å²) in [4.78, 5) is 0.